The fourth-order valence-corrected chi connectivity index (χ4v) is 4.11. The molecule has 0 spiro atoms. The minimum atomic E-state index is -0.574. The molecule has 4 aromatic rings. The monoisotopic (exact) mass is 434 g/mol. The number of halogens is 2. The van der Waals surface area contributed by atoms with Gasteiger partial charge in [0.2, 0.25) is 11.8 Å². The number of carbonyl (C=O) groups excluding carboxylic acids is 1. The maximum Gasteiger partial charge on any atom is 0.266 e. The average molecular weight is 434 g/mol. The zero-order chi connectivity index (χ0) is 22.1. The van der Waals surface area contributed by atoms with Crippen molar-refractivity contribution in [1.82, 2.24) is 20.1 Å². The summed E-state index contributed by atoms with van der Waals surface area (Å²) in [5.41, 5.74) is 0.716. The van der Waals surface area contributed by atoms with Crippen molar-refractivity contribution >= 4 is 16.7 Å². The molecule has 5 rings (SSSR count). The number of nitrogens with zero attached hydrogens (tertiary/aromatic N) is 4. The molecule has 0 aliphatic carbocycles. The zero-order valence-corrected chi connectivity index (χ0v) is 17.2. The van der Waals surface area contributed by atoms with E-state index in [-0.39, 0.29) is 23.8 Å². The highest BCUT2D eigenvalue weighted by molar-refractivity contribution is 5.92. The summed E-state index contributed by atoms with van der Waals surface area (Å²) in [5, 5.41) is 10.4. The second-order valence-electron chi connectivity index (χ2n) is 7.89. The minimum absolute atomic E-state index is 0.0289. The predicted molar refractivity (Wildman–Crippen MR) is 114 cm³/mol. The summed E-state index contributed by atoms with van der Waals surface area (Å²) in [4.78, 5) is 18.7. The van der Waals surface area contributed by atoms with Gasteiger partial charge in [-0.2, -0.15) is 0 Å². The Morgan fingerprint density at radius 3 is 2.72 bits per heavy atom. The number of piperidine rings is 1. The van der Waals surface area contributed by atoms with E-state index in [0.717, 1.165) is 29.0 Å². The van der Waals surface area contributed by atoms with Gasteiger partial charge in [0.25, 0.3) is 5.89 Å². The van der Waals surface area contributed by atoms with E-state index in [0.29, 0.717) is 43.4 Å². The molecule has 2 aromatic heterocycles. The molecule has 1 amide bonds. The number of amides is 1. The summed E-state index contributed by atoms with van der Waals surface area (Å²) in [6, 6.07) is 13.0. The molecule has 1 fully saturated rings. The molecule has 0 unspecified atom stereocenters. The Labute approximate surface area is 182 Å². The number of aromatic nitrogens is 3. The van der Waals surface area contributed by atoms with Gasteiger partial charge in [-0.25, -0.2) is 8.78 Å². The minimum Gasteiger partial charge on any atom is -0.419 e. The van der Waals surface area contributed by atoms with Crippen molar-refractivity contribution in [3.05, 3.63) is 77.8 Å². The van der Waals surface area contributed by atoms with Crippen molar-refractivity contribution in [3.8, 4) is 11.6 Å². The zero-order valence-electron chi connectivity index (χ0n) is 17.2. The summed E-state index contributed by atoms with van der Waals surface area (Å²) in [6.07, 6.45) is 2.86. The molecule has 32 heavy (non-hydrogen) atoms. The Balaban J connectivity index is 1.26. The standard InChI is InChI=1S/C24H20F2N4O2/c25-18-5-6-20(26)17(13-18)14-21(31)30-11-8-16(9-12-30)23-28-29-24(32-23)22-19-4-2-1-3-15(19)7-10-27-22/h1-7,10,13,16H,8-9,11-12,14H2. The number of hydrogen-bond donors (Lipinski definition) is 0. The normalized spacial score (nSPS) is 14.8. The third kappa shape index (κ3) is 3.95. The topological polar surface area (TPSA) is 72.1 Å². The van der Waals surface area contributed by atoms with Crippen LogP contribution in [0.4, 0.5) is 8.78 Å². The number of fused-ring (bicyclic) bond motifs is 1. The molecule has 0 N–H and O–H groups in total. The van der Waals surface area contributed by atoms with Crippen LogP contribution in [0.15, 0.2) is 59.1 Å². The van der Waals surface area contributed by atoms with Crippen LogP contribution in [0.1, 0.15) is 30.2 Å². The van der Waals surface area contributed by atoms with Gasteiger partial charge in [-0.1, -0.05) is 24.3 Å². The van der Waals surface area contributed by atoms with Crippen molar-refractivity contribution < 1.29 is 18.0 Å². The van der Waals surface area contributed by atoms with Crippen LogP contribution >= 0.6 is 0 Å². The molecular formula is C24H20F2N4O2. The molecule has 6 nitrogen and oxygen atoms in total. The largest absolute Gasteiger partial charge is 0.419 e. The van der Waals surface area contributed by atoms with Gasteiger partial charge in [-0.15, -0.1) is 10.2 Å². The van der Waals surface area contributed by atoms with Crippen molar-refractivity contribution in [2.45, 2.75) is 25.2 Å². The fourth-order valence-electron chi connectivity index (χ4n) is 4.11. The summed E-state index contributed by atoms with van der Waals surface area (Å²) < 4.78 is 33.2. The molecule has 3 heterocycles. The van der Waals surface area contributed by atoms with Crippen LogP contribution in [0.5, 0.6) is 0 Å². The quantitative estimate of drug-likeness (QED) is 0.473. The summed E-state index contributed by atoms with van der Waals surface area (Å²) >= 11 is 0. The average Bonchev–Trinajstić information content (AvgIpc) is 3.31. The van der Waals surface area contributed by atoms with Gasteiger partial charge in [0.05, 0.1) is 6.42 Å². The highest BCUT2D eigenvalue weighted by Gasteiger charge is 2.28. The smallest absolute Gasteiger partial charge is 0.266 e. The first-order valence-corrected chi connectivity index (χ1v) is 10.5. The van der Waals surface area contributed by atoms with E-state index < -0.39 is 11.6 Å². The highest BCUT2D eigenvalue weighted by atomic mass is 19.1. The second-order valence-corrected chi connectivity index (χ2v) is 7.89. The lowest BCUT2D eigenvalue weighted by molar-refractivity contribution is -0.131. The second kappa shape index (κ2) is 8.45. The van der Waals surface area contributed by atoms with E-state index in [2.05, 4.69) is 15.2 Å². The summed E-state index contributed by atoms with van der Waals surface area (Å²) in [7, 11) is 0. The van der Waals surface area contributed by atoms with Crippen molar-refractivity contribution in [2.75, 3.05) is 13.1 Å². The van der Waals surface area contributed by atoms with Crippen LogP contribution in [0, 0.1) is 11.6 Å². The van der Waals surface area contributed by atoms with Gasteiger partial charge in [-0.05, 0) is 42.5 Å². The SMILES string of the molecule is O=C(Cc1cc(F)ccc1F)N1CCC(c2nnc(-c3nccc4ccccc34)o2)CC1. The predicted octanol–water partition coefficient (Wildman–Crippen LogP) is 4.51. The first kappa shape index (κ1) is 20.2. The fraction of sp³-hybridized carbons (Fsp3) is 0.250. The molecule has 8 heteroatoms. The lowest BCUT2D eigenvalue weighted by atomic mass is 9.96. The number of pyridine rings is 1. The molecular weight excluding hydrogens is 414 g/mol. The Kier molecular flexibility index (Phi) is 5.34. The maximum atomic E-state index is 13.9. The van der Waals surface area contributed by atoms with Gasteiger partial charge >= 0.3 is 0 Å². The first-order valence-electron chi connectivity index (χ1n) is 10.5. The molecule has 2 aromatic carbocycles. The summed E-state index contributed by atoms with van der Waals surface area (Å²) in [6.45, 7) is 0.981. The van der Waals surface area contributed by atoms with Crippen LogP contribution in [-0.2, 0) is 11.2 Å². The molecule has 162 valence electrons. The van der Waals surface area contributed by atoms with E-state index in [1.54, 1.807) is 11.1 Å². The van der Waals surface area contributed by atoms with Gasteiger partial charge in [-0.3, -0.25) is 9.78 Å². The van der Waals surface area contributed by atoms with Gasteiger partial charge in [0.15, 0.2) is 0 Å². The number of benzene rings is 2. The third-order valence-electron chi connectivity index (χ3n) is 5.86. The molecule has 0 radical (unpaired) electrons. The lowest BCUT2D eigenvalue weighted by Crippen LogP contribution is -2.39. The van der Waals surface area contributed by atoms with Crippen LogP contribution in [0.2, 0.25) is 0 Å². The number of rotatable bonds is 4. The number of carbonyl (C=O) groups is 1. The molecule has 0 saturated carbocycles. The Morgan fingerprint density at radius 2 is 1.88 bits per heavy atom. The molecule has 1 saturated heterocycles. The van der Waals surface area contributed by atoms with Crippen molar-refractivity contribution in [1.29, 1.82) is 0 Å². The molecule has 1 aliphatic heterocycles. The van der Waals surface area contributed by atoms with Crippen LogP contribution in [0.3, 0.4) is 0 Å². The molecule has 0 atom stereocenters. The molecule has 1 aliphatic rings. The van der Waals surface area contributed by atoms with Crippen LogP contribution < -0.4 is 0 Å². The van der Waals surface area contributed by atoms with Crippen LogP contribution in [-0.4, -0.2) is 39.1 Å². The van der Waals surface area contributed by atoms with E-state index in [1.807, 2.05) is 30.3 Å². The van der Waals surface area contributed by atoms with E-state index in [9.17, 15) is 13.6 Å². The Morgan fingerprint density at radius 1 is 1.06 bits per heavy atom. The van der Waals surface area contributed by atoms with Gasteiger partial charge in [0, 0.05) is 36.2 Å². The van der Waals surface area contributed by atoms with E-state index in [4.69, 9.17) is 4.42 Å². The van der Waals surface area contributed by atoms with Crippen molar-refractivity contribution in [3.63, 3.8) is 0 Å². The summed E-state index contributed by atoms with van der Waals surface area (Å²) in [5.74, 6) is -0.425. The Bertz CT molecular complexity index is 1280. The molecule has 0 bridgehead atoms. The number of likely N-dealkylation sites (tertiary alicyclic amines) is 1. The van der Waals surface area contributed by atoms with Gasteiger partial charge in [0.1, 0.15) is 17.3 Å². The first-order chi connectivity index (χ1) is 15.6. The van der Waals surface area contributed by atoms with E-state index >= 15 is 0 Å². The highest BCUT2D eigenvalue weighted by Crippen LogP contribution is 2.31. The Hall–Kier alpha value is -3.68. The lowest BCUT2D eigenvalue weighted by Gasteiger charge is -2.30. The van der Waals surface area contributed by atoms with Gasteiger partial charge < -0.3 is 9.32 Å². The van der Waals surface area contributed by atoms with Crippen LogP contribution in [0.25, 0.3) is 22.4 Å². The van der Waals surface area contributed by atoms with Crippen molar-refractivity contribution in [2.24, 2.45) is 0 Å². The van der Waals surface area contributed by atoms with E-state index in [1.165, 1.54) is 0 Å². The number of hydrogen-bond acceptors (Lipinski definition) is 5. The maximum absolute atomic E-state index is 13.9. The third-order valence-corrected chi connectivity index (χ3v) is 5.86.